The molecular formula is C16H22N2OS. The van der Waals surface area contributed by atoms with Crippen molar-refractivity contribution in [3.8, 4) is 0 Å². The van der Waals surface area contributed by atoms with Crippen molar-refractivity contribution in [3.63, 3.8) is 0 Å². The lowest BCUT2D eigenvalue weighted by molar-refractivity contribution is 0.126. The average Bonchev–Trinajstić information content (AvgIpc) is 3.09. The monoisotopic (exact) mass is 290 g/mol. The van der Waals surface area contributed by atoms with Gasteiger partial charge in [0.25, 0.3) is 0 Å². The lowest BCUT2D eigenvalue weighted by atomic mass is 9.84. The Hall–Kier alpha value is -0.870. The van der Waals surface area contributed by atoms with Gasteiger partial charge in [0.05, 0.1) is 18.0 Å². The Labute approximate surface area is 123 Å². The predicted molar refractivity (Wildman–Crippen MR) is 81.2 cm³/mol. The molecule has 0 saturated heterocycles. The van der Waals surface area contributed by atoms with E-state index in [1.165, 1.54) is 54.7 Å². The van der Waals surface area contributed by atoms with E-state index < -0.39 is 0 Å². The van der Waals surface area contributed by atoms with Crippen molar-refractivity contribution in [2.45, 2.75) is 63.4 Å². The molecule has 0 amide bonds. The van der Waals surface area contributed by atoms with Gasteiger partial charge in [-0.2, -0.15) is 0 Å². The summed E-state index contributed by atoms with van der Waals surface area (Å²) in [7, 11) is 0. The zero-order valence-corrected chi connectivity index (χ0v) is 12.6. The van der Waals surface area contributed by atoms with Crippen molar-refractivity contribution in [3.05, 3.63) is 23.1 Å². The van der Waals surface area contributed by atoms with Gasteiger partial charge >= 0.3 is 0 Å². The van der Waals surface area contributed by atoms with Crippen molar-refractivity contribution in [2.24, 2.45) is 5.92 Å². The molecule has 2 aliphatic rings. The van der Waals surface area contributed by atoms with Crippen LogP contribution >= 0.6 is 11.3 Å². The molecule has 0 bridgehead atoms. The van der Waals surface area contributed by atoms with Gasteiger partial charge in [-0.15, -0.1) is 11.3 Å². The number of hydrogen-bond acceptors (Lipinski definition) is 3. The highest BCUT2D eigenvalue weighted by atomic mass is 32.1. The summed E-state index contributed by atoms with van der Waals surface area (Å²) < 4.78 is 2.13. The molecule has 108 valence electrons. The lowest BCUT2D eigenvalue weighted by Crippen LogP contribution is -2.13. The quantitative estimate of drug-likeness (QED) is 0.912. The predicted octanol–water partition coefficient (Wildman–Crippen LogP) is 4.28. The fourth-order valence-electron chi connectivity index (χ4n) is 3.64. The molecule has 2 aliphatic carbocycles. The minimum absolute atomic E-state index is 0.309. The van der Waals surface area contributed by atoms with E-state index in [4.69, 9.17) is 0 Å². The second-order valence-electron chi connectivity index (χ2n) is 6.48. The third kappa shape index (κ3) is 2.29. The molecular weight excluding hydrogens is 268 g/mol. The van der Waals surface area contributed by atoms with Crippen molar-refractivity contribution in [1.82, 2.24) is 9.38 Å². The van der Waals surface area contributed by atoms with E-state index >= 15 is 0 Å². The summed E-state index contributed by atoms with van der Waals surface area (Å²) in [6.07, 6.45) is 13.7. The summed E-state index contributed by atoms with van der Waals surface area (Å²) in [5.74, 6) is 1.42. The summed E-state index contributed by atoms with van der Waals surface area (Å²) in [5, 5.41) is 10.8. The second-order valence-corrected chi connectivity index (χ2v) is 7.55. The summed E-state index contributed by atoms with van der Waals surface area (Å²) in [6.45, 7) is 0. The van der Waals surface area contributed by atoms with Gasteiger partial charge in [-0.3, -0.25) is 4.40 Å². The van der Waals surface area contributed by atoms with Crippen LogP contribution in [0.15, 0.2) is 12.5 Å². The number of rotatable bonds is 4. The normalized spacial score (nSPS) is 22.4. The Balaban J connectivity index is 1.61. The van der Waals surface area contributed by atoms with Gasteiger partial charge in [0.2, 0.25) is 0 Å². The molecule has 2 heterocycles. The van der Waals surface area contributed by atoms with E-state index in [0.717, 1.165) is 12.1 Å². The molecule has 2 aromatic heterocycles. The number of nitrogens with zero attached hydrogens (tertiary/aromatic N) is 2. The molecule has 4 heteroatoms. The fourth-order valence-corrected chi connectivity index (χ4v) is 4.96. The Bertz CT molecular complexity index is 593. The molecule has 0 aliphatic heterocycles. The van der Waals surface area contributed by atoms with Crippen LogP contribution in [0.4, 0.5) is 0 Å². The summed E-state index contributed by atoms with van der Waals surface area (Å²) in [5.41, 5.74) is 1.15. The highest BCUT2D eigenvalue weighted by Gasteiger charge is 2.32. The number of imidazole rings is 1. The molecule has 1 atom stereocenters. The minimum atomic E-state index is -0.309. The van der Waals surface area contributed by atoms with Crippen LogP contribution in [-0.4, -0.2) is 14.5 Å². The largest absolute Gasteiger partial charge is 0.387 e. The second kappa shape index (κ2) is 5.15. The van der Waals surface area contributed by atoms with Gasteiger partial charge < -0.3 is 5.11 Å². The first-order chi connectivity index (χ1) is 9.83. The summed E-state index contributed by atoms with van der Waals surface area (Å²) >= 11 is 1.83. The molecule has 20 heavy (non-hydrogen) atoms. The third-order valence-corrected chi connectivity index (χ3v) is 6.15. The number of aromatic nitrogens is 2. The molecule has 1 N–H and O–H groups in total. The van der Waals surface area contributed by atoms with Crippen LogP contribution in [0.25, 0.3) is 4.83 Å². The Morgan fingerprint density at radius 2 is 2.05 bits per heavy atom. The number of aliphatic hydroxyl groups excluding tert-OH is 1. The Morgan fingerprint density at radius 3 is 2.80 bits per heavy atom. The number of fused-ring (bicyclic) bond motifs is 1. The first-order valence-corrected chi connectivity index (χ1v) is 8.77. The maximum atomic E-state index is 10.8. The smallest absolute Gasteiger partial charge is 0.120 e. The van der Waals surface area contributed by atoms with Crippen molar-refractivity contribution in [1.29, 1.82) is 0 Å². The van der Waals surface area contributed by atoms with E-state index in [1.54, 1.807) is 0 Å². The van der Waals surface area contributed by atoms with Gasteiger partial charge in [0.1, 0.15) is 11.2 Å². The summed E-state index contributed by atoms with van der Waals surface area (Å²) in [4.78, 5) is 6.84. The van der Waals surface area contributed by atoms with Crippen LogP contribution in [0.1, 0.15) is 74.0 Å². The van der Waals surface area contributed by atoms with E-state index in [-0.39, 0.29) is 6.10 Å². The molecule has 3 nitrogen and oxygen atoms in total. The molecule has 0 spiro atoms. The van der Waals surface area contributed by atoms with Crippen LogP contribution in [0, 0.1) is 5.92 Å². The van der Waals surface area contributed by atoms with E-state index in [2.05, 4.69) is 9.38 Å². The number of thiazole rings is 1. The van der Waals surface area contributed by atoms with Crippen LogP contribution in [0.3, 0.4) is 0 Å². The molecule has 1 unspecified atom stereocenters. The van der Waals surface area contributed by atoms with Gasteiger partial charge in [-0.25, -0.2) is 4.98 Å². The Kier molecular flexibility index (Phi) is 3.31. The highest BCUT2D eigenvalue weighted by molar-refractivity contribution is 7.17. The first-order valence-electron chi connectivity index (χ1n) is 7.95. The maximum absolute atomic E-state index is 10.8. The molecule has 2 aromatic rings. The topological polar surface area (TPSA) is 37.5 Å². The van der Waals surface area contributed by atoms with Crippen LogP contribution in [-0.2, 0) is 0 Å². The van der Waals surface area contributed by atoms with Crippen molar-refractivity contribution >= 4 is 16.2 Å². The standard InChI is InChI=1S/C16H22N2OS/c19-13(8-11-4-2-1-3-5-11)15-16(12-6-7-12)20-14-9-17-10-18(14)15/h9-13,19H,1-8H2. The van der Waals surface area contributed by atoms with E-state index in [9.17, 15) is 5.11 Å². The minimum Gasteiger partial charge on any atom is -0.387 e. The van der Waals surface area contributed by atoms with E-state index in [1.807, 2.05) is 23.9 Å². The van der Waals surface area contributed by atoms with Crippen LogP contribution in [0.5, 0.6) is 0 Å². The fraction of sp³-hybridized carbons (Fsp3) is 0.688. The Morgan fingerprint density at radius 1 is 1.25 bits per heavy atom. The third-order valence-electron chi connectivity index (χ3n) is 4.88. The lowest BCUT2D eigenvalue weighted by Gasteiger charge is -2.24. The van der Waals surface area contributed by atoms with Crippen LogP contribution in [0.2, 0.25) is 0 Å². The highest BCUT2D eigenvalue weighted by Crippen LogP contribution is 2.48. The molecule has 0 radical (unpaired) electrons. The summed E-state index contributed by atoms with van der Waals surface area (Å²) in [6, 6.07) is 0. The first kappa shape index (κ1) is 12.8. The van der Waals surface area contributed by atoms with Gasteiger partial charge in [0, 0.05) is 4.88 Å². The number of aliphatic hydroxyl groups is 1. The number of hydrogen-bond donors (Lipinski definition) is 1. The van der Waals surface area contributed by atoms with E-state index in [0.29, 0.717) is 11.8 Å². The van der Waals surface area contributed by atoms with Crippen molar-refractivity contribution in [2.75, 3.05) is 0 Å². The van der Waals surface area contributed by atoms with Gasteiger partial charge in [0.15, 0.2) is 0 Å². The molecule has 2 fully saturated rings. The molecule has 0 aromatic carbocycles. The zero-order chi connectivity index (χ0) is 13.5. The van der Waals surface area contributed by atoms with Gasteiger partial charge in [-0.05, 0) is 31.1 Å². The maximum Gasteiger partial charge on any atom is 0.120 e. The average molecular weight is 290 g/mol. The molecule has 4 rings (SSSR count). The van der Waals surface area contributed by atoms with Gasteiger partial charge in [-0.1, -0.05) is 32.1 Å². The SMILES string of the molecule is OC(CC1CCCCC1)c1c(C2CC2)sc2cncn12. The zero-order valence-electron chi connectivity index (χ0n) is 11.8. The van der Waals surface area contributed by atoms with Crippen molar-refractivity contribution < 1.29 is 5.11 Å². The van der Waals surface area contributed by atoms with Crippen LogP contribution < -0.4 is 0 Å². The molecule has 2 saturated carbocycles.